The summed E-state index contributed by atoms with van der Waals surface area (Å²) >= 11 is 5.57. The highest BCUT2D eigenvalue weighted by atomic mass is 35.5. The van der Waals surface area contributed by atoms with Crippen LogP contribution in [0.2, 0.25) is 5.02 Å². The van der Waals surface area contributed by atoms with Crippen LogP contribution >= 0.6 is 11.6 Å². The number of benzene rings is 2. The average Bonchev–Trinajstić information content (AvgIpc) is 2.62. The SMILES string of the molecule is CCCCOc1ccccc1/C=C/C(=O)Nc1ccc(Cl)c(C(F)(F)F)c1. The number of halogens is 4. The fourth-order valence-electron chi connectivity index (χ4n) is 2.25. The van der Waals surface area contributed by atoms with Gasteiger partial charge in [0.1, 0.15) is 5.75 Å². The van der Waals surface area contributed by atoms with E-state index in [4.69, 9.17) is 16.3 Å². The van der Waals surface area contributed by atoms with Crippen molar-refractivity contribution < 1.29 is 22.7 Å². The van der Waals surface area contributed by atoms with Crippen molar-refractivity contribution >= 4 is 29.3 Å². The van der Waals surface area contributed by atoms with Gasteiger partial charge in [0.2, 0.25) is 5.91 Å². The summed E-state index contributed by atoms with van der Waals surface area (Å²) in [6.45, 7) is 2.62. The topological polar surface area (TPSA) is 38.3 Å². The third kappa shape index (κ3) is 6.32. The fourth-order valence-corrected chi connectivity index (χ4v) is 2.47. The number of amides is 1. The molecule has 1 N–H and O–H groups in total. The summed E-state index contributed by atoms with van der Waals surface area (Å²) in [6, 6.07) is 10.4. The maximum absolute atomic E-state index is 12.9. The summed E-state index contributed by atoms with van der Waals surface area (Å²) in [6.07, 6.45) is 0.113. The number of unbranched alkanes of at least 4 members (excludes halogenated alkanes) is 1. The quantitative estimate of drug-likeness (QED) is 0.447. The number of anilines is 1. The van der Waals surface area contributed by atoms with Crippen LogP contribution in [0, 0.1) is 0 Å². The largest absolute Gasteiger partial charge is 0.493 e. The molecule has 0 aliphatic carbocycles. The van der Waals surface area contributed by atoms with Crippen molar-refractivity contribution in [3.63, 3.8) is 0 Å². The molecule has 27 heavy (non-hydrogen) atoms. The van der Waals surface area contributed by atoms with E-state index < -0.39 is 22.7 Å². The average molecular weight is 398 g/mol. The molecule has 0 heterocycles. The molecule has 0 spiro atoms. The van der Waals surface area contributed by atoms with Crippen LogP contribution in [0.1, 0.15) is 30.9 Å². The Morgan fingerprint density at radius 2 is 1.96 bits per heavy atom. The van der Waals surface area contributed by atoms with Crippen molar-refractivity contribution in [2.24, 2.45) is 0 Å². The number of hydrogen-bond acceptors (Lipinski definition) is 2. The molecule has 2 aromatic carbocycles. The van der Waals surface area contributed by atoms with Crippen molar-refractivity contribution in [1.82, 2.24) is 0 Å². The van der Waals surface area contributed by atoms with Gasteiger partial charge in [0.25, 0.3) is 0 Å². The van der Waals surface area contributed by atoms with E-state index in [-0.39, 0.29) is 5.69 Å². The zero-order chi connectivity index (χ0) is 19.9. The normalized spacial score (nSPS) is 11.6. The van der Waals surface area contributed by atoms with Gasteiger partial charge in [-0.05, 0) is 36.8 Å². The molecule has 0 aromatic heterocycles. The Labute approximate surface area is 160 Å². The molecule has 0 radical (unpaired) electrons. The first kappa shape index (κ1) is 20.8. The van der Waals surface area contributed by atoms with Crippen LogP contribution in [0.4, 0.5) is 18.9 Å². The minimum atomic E-state index is -4.59. The van der Waals surface area contributed by atoms with Crippen LogP contribution in [-0.2, 0) is 11.0 Å². The summed E-state index contributed by atoms with van der Waals surface area (Å²) < 4.78 is 44.3. The Morgan fingerprint density at radius 1 is 1.22 bits per heavy atom. The van der Waals surface area contributed by atoms with Gasteiger partial charge in [-0.1, -0.05) is 43.1 Å². The number of ether oxygens (including phenoxy) is 1. The molecule has 0 aliphatic heterocycles. The number of alkyl halides is 3. The third-order valence-corrected chi connectivity index (χ3v) is 3.96. The molecule has 7 heteroatoms. The van der Waals surface area contributed by atoms with Gasteiger partial charge in [-0.15, -0.1) is 0 Å². The minimum absolute atomic E-state index is 0.00820. The van der Waals surface area contributed by atoms with Crippen LogP contribution in [0.3, 0.4) is 0 Å². The van der Waals surface area contributed by atoms with Crippen molar-refractivity contribution in [3.8, 4) is 5.75 Å². The Bertz CT molecular complexity index is 819. The van der Waals surface area contributed by atoms with E-state index in [0.29, 0.717) is 17.9 Å². The smallest absolute Gasteiger partial charge is 0.417 e. The fraction of sp³-hybridized carbons (Fsp3) is 0.250. The number of hydrogen-bond donors (Lipinski definition) is 1. The highest BCUT2D eigenvalue weighted by Crippen LogP contribution is 2.36. The minimum Gasteiger partial charge on any atom is -0.493 e. The number of nitrogens with one attached hydrogen (secondary N) is 1. The van der Waals surface area contributed by atoms with Gasteiger partial charge >= 0.3 is 6.18 Å². The lowest BCUT2D eigenvalue weighted by Crippen LogP contribution is -2.11. The molecule has 0 saturated carbocycles. The summed E-state index contributed by atoms with van der Waals surface area (Å²) in [5.74, 6) is 0.0784. The monoisotopic (exact) mass is 397 g/mol. The number of rotatable bonds is 7. The van der Waals surface area contributed by atoms with E-state index in [1.54, 1.807) is 24.3 Å². The first-order chi connectivity index (χ1) is 12.8. The van der Waals surface area contributed by atoms with Crippen molar-refractivity contribution in [2.75, 3.05) is 11.9 Å². The second-order valence-electron chi connectivity index (χ2n) is 5.75. The molecule has 0 fully saturated rings. The predicted octanol–water partition coefficient (Wildman–Crippen LogP) is 6.19. The Balaban J connectivity index is 2.08. The number of para-hydroxylation sites is 1. The first-order valence-corrected chi connectivity index (χ1v) is 8.76. The Hall–Kier alpha value is -2.47. The Morgan fingerprint density at radius 3 is 2.67 bits per heavy atom. The van der Waals surface area contributed by atoms with E-state index >= 15 is 0 Å². The lowest BCUT2D eigenvalue weighted by Gasteiger charge is -2.11. The van der Waals surface area contributed by atoms with Crippen molar-refractivity contribution in [2.45, 2.75) is 25.9 Å². The van der Waals surface area contributed by atoms with Crippen LogP contribution in [0.15, 0.2) is 48.5 Å². The summed E-state index contributed by atoms with van der Waals surface area (Å²) in [5, 5.41) is 1.98. The van der Waals surface area contributed by atoms with Gasteiger partial charge in [0, 0.05) is 17.3 Å². The lowest BCUT2D eigenvalue weighted by molar-refractivity contribution is -0.137. The summed E-state index contributed by atoms with van der Waals surface area (Å²) in [5.41, 5.74) is -0.287. The molecule has 0 aliphatic rings. The van der Waals surface area contributed by atoms with E-state index in [1.165, 1.54) is 12.1 Å². The standard InChI is InChI=1S/C20H19ClF3NO2/c1-2-3-12-27-18-7-5-4-6-14(18)8-11-19(26)25-15-9-10-17(21)16(13-15)20(22,23)24/h4-11,13H,2-3,12H2,1H3,(H,25,26)/b11-8+. The van der Waals surface area contributed by atoms with Gasteiger partial charge in [-0.3, -0.25) is 4.79 Å². The molecule has 0 bridgehead atoms. The zero-order valence-electron chi connectivity index (χ0n) is 14.6. The van der Waals surface area contributed by atoms with E-state index in [1.807, 2.05) is 6.07 Å². The van der Waals surface area contributed by atoms with Gasteiger partial charge in [0.05, 0.1) is 17.2 Å². The van der Waals surface area contributed by atoms with E-state index in [9.17, 15) is 18.0 Å². The van der Waals surface area contributed by atoms with Gasteiger partial charge < -0.3 is 10.1 Å². The third-order valence-electron chi connectivity index (χ3n) is 3.63. The molecule has 144 valence electrons. The molecule has 0 atom stereocenters. The molecule has 2 rings (SSSR count). The highest BCUT2D eigenvalue weighted by molar-refractivity contribution is 6.31. The van der Waals surface area contributed by atoms with Gasteiger partial charge in [0.15, 0.2) is 0 Å². The molecule has 1 amide bonds. The molecule has 3 nitrogen and oxygen atoms in total. The first-order valence-electron chi connectivity index (χ1n) is 8.39. The highest BCUT2D eigenvalue weighted by Gasteiger charge is 2.33. The molecular formula is C20H19ClF3NO2. The summed E-state index contributed by atoms with van der Waals surface area (Å²) in [7, 11) is 0. The Kier molecular flexibility index (Phi) is 7.30. The zero-order valence-corrected chi connectivity index (χ0v) is 15.4. The molecule has 2 aromatic rings. The van der Waals surface area contributed by atoms with Crippen molar-refractivity contribution in [3.05, 3.63) is 64.7 Å². The second kappa shape index (κ2) is 9.46. The van der Waals surface area contributed by atoms with Crippen LogP contribution in [-0.4, -0.2) is 12.5 Å². The van der Waals surface area contributed by atoms with Crippen LogP contribution in [0.5, 0.6) is 5.75 Å². The second-order valence-corrected chi connectivity index (χ2v) is 6.16. The number of carbonyl (C=O) groups excluding carboxylic acids is 1. The molecule has 0 unspecified atom stereocenters. The summed E-state index contributed by atoms with van der Waals surface area (Å²) in [4.78, 5) is 12.1. The lowest BCUT2D eigenvalue weighted by atomic mass is 10.1. The van der Waals surface area contributed by atoms with Crippen molar-refractivity contribution in [1.29, 1.82) is 0 Å². The van der Waals surface area contributed by atoms with Gasteiger partial charge in [-0.25, -0.2) is 0 Å². The number of carbonyl (C=O) groups is 1. The molecule has 0 saturated heterocycles. The predicted molar refractivity (Wildman–Crippen MR) is 101 cm³/mol. The maximum atomic E-state index is 12.9. The van der Waals surface area contributed by atoms with Crippen LogP contribution in [0.25, 0.3) is 6.08 Å². The van der Waals surface area contributed by atoms with Gasteiger partial charge in [-0.2, -0.15) is 13.2 Å². The van der Waals surface area contributed by atoms with E-state index in [2.05, 4.69) is 12.2 Å². The van der Waals surface area contributed by atoms with E-state index in [0.717, 1.165) is 25.0 Å². The maximum Gasteiger partial charge on any atom is 0.417 e. The molecular weight excluding hydrogens is 379 g/mol. The van der Waals surface area contributed by atoms with Crippen LogP contribution < -0.4 is 10.1 Å².